The Balaban J connectivity index is 2.61. The molecule has 1 rings (SSSR count). The van der Waals surface area contributed by atoms with E-state index in [9.17, 15) is 0 Å². The molecule has 0 aromatic carbocycles. The van der Waals surface area contributed by atoms with Gasteiger partial charge in [0, 0.05) is 0 Å². The van der Waals surface area contributed by atoms with E-state index in [-0.39, 0.29) is 0 Å². The molecule has 0 saturated heterocycles. The van der Waals surface area contributed by atoms with Crippen molar-refractivity contribution in [1.29, 1.82) is 0 Å². The molecule has 39 valence electrons. The van der Waals surface area contributed by atoms with Crippen LogP contribution >= 0.6 is 0 Å². The Hall–Kier alpha value is -0.915. The zero-order chi connectivity index (χ0) is 5.98. The summed E-state index contributed by atoms with van der Waals surface area (Å²) in [5.74, 6) is 0. The molecule has 0 bridgehead atoms. The molecular weight excluding hydrogens is 96.9 g/mol. The van der Waals surface area contributed by atoms with Gasteiger partial charge < -0.3 is 5.73 Å². The van der Waals surface area contributed by atoms with Gasteiger partial charge in [-0.15, -0.1) is 0 Å². The van der Waals surface area contributed by atoms with E-state index in [1.807, 2.05) is 19.4 Å². The second-order valence-corrected chi connectivity index (χ2v) is 1.68. The first-order valence-corrected chi connectivity index (χ1v) is 2.47. The van der Waals surface area contributed by atoms with Gasteiger partial charge in [0.1, 0.15) is 0 Å². The van der Waals surface area contributed by atoms with Crippen LogP contribution in [0.15, 0.2) is 35.9 Å². The summed E-state index contributed by atoms with van der Waals surface area (Å²) in [6.07, 6.45) is 5.57. The molecule has 0 spiro atoms. The maximum Gasteiger partial charge on any atom is 0.212 e. The summed E-state index contributed by atoms with van der Waals surface area (Å²) in [7, 11) is 1.88. The molecular formula is C6H7BN. The fraction of sp³-hybridized carbons (Fsp3) is 0. The van der Waals surface area contributed by atoms with Crippen molar-refractivity contribution in [2.45, 2.75) is 0 Å². The van der Waals surface area contributed by atoms with E-state index in [1.54, 1.807) is 6.08 Å². The van der Waals surface area contributed by atoms with Crippen molar-refractivity contribution in [3.63, 3.8) is 0 Å². The highest BCUT2D eigenvalue weighted by molar-refractivity contribution is 6.55. The monoisotopic (exact) mass is 104 g/mol. The average Bonchev–Trinajstić information content (AvgIpc) is 2.14. The first-order chi connectivity index (χ1) is 3.83. The smallest absolute Gasteiger partial charge is 0.212 e. The van der Waals surface area contributed by atoms with Gasteiger partial charge in [0.15, 0.2) is 0 Å². The van der Waals surface area contributed by atoms with Crippen LogP contribution in [0.3, 0.4) is 0 Å². The van der Waals surface area contributed by atoms with E-state index in [2.05, 4.69) is 6.58 Å². The van der Waals surface area contributed by atoms with Gasteiger partial charge in [-0.1, -0.05) is 30.3 Å². The third-order valence-electron chi connectivity index (χ3n) is 1.04. The zero-order valence-corrected chi connectivity index (χ0v) is 4.59. The van der Waals surface area contributed by atoms with Crippen molar-refractivity contribution < 1.29 is 0 Å². The summed E-state index contributed by atoms with van der Waals surface area (Å²) in [6.45, 7) is 3.59. The predicted octanol–water partition coefficient (Wildman–Crippen LogP) is 0.574. The van der Waals surface area contributed by atoms with Gasteiger partial charge in [-0.2, -0.15) is 0 Å². The molecule has 0 fully saturated rings. The highest BCUT2D eigenvalue weighted by atomic mass is 14.5. The summed E-state index contributed by atoms with van der Waals surface area (Å²) in [5.41, 5.74) is 7.30. The van der Waals surface area contributed by atoms with E-state index >= 15 is 0 Å². The fourth-order valence-corrected chi connectivity index (χ4v) is 0.608. The lowest BCUT2D eigenvalue weighted by Gasteiger charge is -1.87. The molecule has 0 atom stereocenters. The fourth-order valence-electron chi connectivity index (χ4n) is 0.608. The van der Waals surface area contributed by atoms with E-state index in [4.69, 9.17) is 5.73 Å². The van der Waals surface area contributed by atoms with Crippen LogP contribution in [0.1, 0.15) is 0 Å². The van der Waals surface area contributed by atoms with Crippen molar-refractivity contribution >= 4 is 7.28 Å². The van der Waals surface area contributed by atoms with Gasteiger partial charge in [0.2, 0.25) is 7.28 Å². The largest absolute Gasteiger partial charge is 0.410 e. The quantitative estimate of drug-likeness (QED) is 0.483. The summed E-state index contributed by atoms with van der Waals surface area (Å²) < 4.78 is 0. The second kappa shape index (κ2) is 1.91. The Kier molecular flexibility index (Phi) is 1.25. The minimum absolute atomic E-state index is 0.805. The van der Waals surface area contributed by atoms with Gasteiger partial charge in [0.05, 0.1) is 0 Å². The molecule has 1 aliphatic heterocycles. The lowest BCUT2D eigenvalue weighted by atomic mass is 9.70. The maximum absolute atomic E-state index is 5.41. The number of hydrogen-bond acceptors (Lipinski definition) is 1. The molecule has 1 radical (unpaired) electrons. The van der Waals surface area contributed by atoms with Gasteiger partial charge in [0.25, 0.3) is 0 Å². The van der Waals surface area contributed by atoms with Gasteiger partial charge >= 0.3 is 0 Å². The van der Waals surface area contributed by atoms with E-state index in [1.165, 1.54) is 0 Å². The molecule has 0 aliphatic carbocycles. The van der Waals surface area contributed by atoms with Crippen molar-refractivity contribution in [2.75, 3.05) is 0 Å². The second-order valence-electron chi connectivity index (χ2n) is 1.68. The van der Waals surface area contributed by atoms with Crippen LogP contribution in [-0.4, -0.2) is 7.28 Å². The predicted molar refractivity (Wildman–Crippen MR) is 36.3 cm³/mol. The third kappa shape index (κ3) is 0.834. The Bertz CT molecular complexity index is 167. The average molecular weight is 104 g/mol. The lowest BCUT2D eigenvalue weighted by Crippen LogP contribution is -2.03. The maximum atomic E-state index is 5.41. The van der Waals surface area contributed by atoms with E-state index in [0.717, 1.165) is 11.1 Å². The van der Waals surface area contributed by atoms with Crippen LogP contribution in [0, 0.1) is 0 Å². The Labute approximate surface area is 49.8 Å². The molecule has 0 aromatic rings. The lowest BCUT2D eigenvalue weighted by molar-refractivity contribution is 1.54. The first-order valence-electron chi connectivity index (χ1n) is 2.47. The van der Waals surface area contributed by atoms with Crippen LogP contribution in [0.4, 0.5) is 0 Å². The van der Waals surface area contributed by atoms with Crippen molar-refractivity contribution in [3.8, 4) is 0 Å². The molecule has 0 aromatic heterocycles. The molecule has 0 amide bonds. The molecule has 1 heterocycles. The standard InChI is InChI=1S/C6H7BN/c1-2-5-3-4-6(8)7-5/h2-4H,1,8H2. The zero-order valence-electron chi connectivity index (χ0n) is 4.59. The first kappa shape index (κ1) is 5.23. The molecule has 2 N–H and O–H groups in total. The van der Waals surface area contributed by atoms with E-state index < -0.39 is 0 Å². The minimum Gasteiger partial charge on any atom is -0.410 e. The molecule has 2 heteroatoms. The molecule has 1 nitrogen and oxygen atoms in total. The molecule has 0 unspecified atom stereocenters. The van der Waals surface area contributed by atoms with Gasteiger partial charge in [-0.05, 0) is 5.60 Å². The highest BCUT2D eigenvalue weighted by Gasteiger charge is 2.01. The van der Waals surface area contributed by atoms with Gasteiger partial charge in [-0.3, -0.25) is 0 Å². The van der Waals surface area contributed by atoms with Crippen molar-refractivity contribution in [3.05, 3.63) is 35.9 Å². The van der Waals surface area contributed by atoms with Crippen LogP contribution in [0.25, 0.3) is 0 Å². The van der Waals surface area contributed by atoms with Crippen LogP contribution in [-0.2, 0) is 0 Å². The highest BCUT2D eigenvalue weighted by Crippen LogP contribution is 2.04. The number of nitrogens with two attached hydrogens (primary N) is 1. The normalized spacial score (nSPS) is 16.5. The van der Waals surface area contributed by atoms with Crippen LogP contribution in [0.5, 0.6) is 0 Å². The minimum atomic E-state index is 0.805. The molecule has 8 heavy (non-hydrogen) atoms. The summed E-state index contributed by atoms with van der Waals surface area (Å²) in [6, 6.07) is 0. The van der Waals surface area contributed by atoms with Crippen molar-refractivity contribution in [1.82, 2.24) is 0 Å². The van der Waals surface area contributed by atoms with Crippen LogP contribution < -0.4 is 5.73 Å². The third-order valence-corrected chi connectivity index (χ3v) is 1.04. The Morgan fingerprint density at radius 2 is 2.38 bits per heavy atom. The number of allylic oxidation sites excluding steroid dienone is 4. The Morgan fingerprint density at radius 3 is 2.62 bits per heavy atom. The summed E-state index contributed by atoms with van der Waals surface area (Å²) >= 11 is 0. The Morgan fingerprint density at radius 1 is 1.62 bits per heavy atom. The van der Waals surface area contributed by atoms with E-state index in [0.29, 0.717) is 0 Å². The van der Waals surface area contributed by atoms with Crippen molar-refractivity contribution in [2.24, 2.45) is 5.73 Å². The summed E-state index contributed by atoms with van der Waals surface area (Å²) in [4.78, 5) is 0. The van der Waals surface area contributed by atoms with Gasteiger partial charge in [-0.25, -0.2) is 0 Å². The van der Waals surface area contributed by atoms with Crippen LogP contribution in [0.2, 0.25) is 0 Å². The number of rotatable bonds is 1. The SMILES string of the molecule is C=CC1=CC=C(N)[B]1. The number of hydrogen-bond donors (Lipinski definition) is 1. The summed E-state index contributed by atoms with van der Waals surface area (Å²) in [5, 5.41) is 0. The molecule has 1 aliphatic rings. The molecule has 0 saturated carbocycles. The topological polar surface area (TPSA) is 26.0 Å².